The molecule has 2 aromatic rings. The Morgan fingerprint density at radius 2 is 1.53 bits per heavy atom. The smallest absolute Gasteiger partial charge is 0.253 e. The molecule has 0 unspecified atom stereocenters. The van der Waals surface area contributed by atoms with Gasteiger partial charge in [-0.15, -0.1) is 24.0 Å². The molecule has 0 radical (unpaired) electrons. The molecule has 176 valence electrons. The van der Waals surface area contributed by atoms with Crippen LogP contribution in [0.1, 0.15) is 28.4 Å². The molecule has 0 atom stereocenters. The second kappa shape index (κ2) is 13.7. The summed E-state index contributed by atoms with van der Waals surface area (Å²) in [6.45, 7) is 3.76. The number of halogens is 1. The van der Waals surface area contributed by atoms with Gasteiger partial charge in [0.25, 0.3) is 5.91 Å². The van der Waals surface area contributed by atoms with Crippen molar-refractivity contribution < 1.29 is 19.0 Å². The number of amides is 1. The second-order valence-corrected chi connectivity index (χ2v) is 6.98. The van der Waals surface area contributed by atoms with Gasteiger partial charge in [-0.2, -0.15) is 0 Å². The number of ether oxygens (including phenoxy) is 3. The fourth-order valence-corrected chi connectivity index (χ4v) is 2.95. The quantitative estimate of drug-likeness (QED) is 0.280. The third-order valence-corrected chi connectivity index (χ3v) is 4.56. The fraction of sp³-hybridized carbons (Fsp3) is 0.391. The summed E-state index contributed by atoms with van der Waals surface area (Å²) in [4.78, 5) is 18.2. The Kier molecular flexibility index (Phi) is 11.7. The molecule has 0 aromatic heterocycles. The monoisotopic (exact) mass is 556 g/mol. The first-order valence-corrected chi connectivity index (χ1v) is 10.0. The third-order valence-electron chi connectivity index (χ3n) is 4.56. The summed E-state index contributed by atoms with van der Waals surface area (Å²) in [5.41, 5.74) is 2.64. The highest BCUT2D eigenvalue weighted by molar-refractivity contribution is 14.0. The standard InChI is InChI=1S/C23H32N4O4.HI/c1-7-24-23(25-14-16-8-10-18(11-9-16)22(28)27(2)3)26-15-17-12-19(29-4)21(31-6)20(13-17)30-5;/h8-13H,7,14-15H2,1-6H3,(H2,24,25,26);1H. The highest BCUT2D eigenvalue weighted by Crippen LogP contribution is 2.38. The molecule has 32 heavy (non-hydrogen) atoms. The summed E-state index contributed by atoms with van der Waals surface area (Å²) >= 11 is 0. The van der Waals surface area contributed by atoms with Gasteiger partial charge < -0.3 is 29.7 Å². The number of rotatable bonds is 9. The van der Waals surface area contributed by atoms with Gasteiger partial charge in [0.15, 0.2) is 17.5 Å². The Balaban J connectivity index is 0.00000512. The van der Waals surface area contributed by atoms with E-state index in [0.717, 1.165) is 17.7 Å². The Bertz CT molecular complexity index is 876. The first-order valence-electron chi connectivity index (χ1n) is 10.0. The van der Waals surface area contributed by atoms with E-state index in [1.54, 1.807) is 40.3 Å². The lowest BCUT2D eigenvalue weighted by Crippen LogP contribution is -2.36. The molecule has 0 bridgehead atoms. The van der Waals surface area contributed by atoms with Crippen LogP contribution in [0.2, 0.25) is 0 Å². The molecule has 0 saturated heterocycles. The zero-order valence-electron chi connectivity index (χ0n) is 19.5. The summed E-state index contributed by atoms with van der Waals surface area (Å²) in [5.74, 6) is 2.41. The average molecular weight is 556 g/mol. The van der Waals surface area contributed by atoms with E-state index in [1.165, 1.54) is 0 Å². The molecule has 0 saturated carbocycles. The molecule has 0 aliphatic rings. The number of nitrogens with zero attached hydrogens (tertiary/aromatic N) is 2. The molecule has 0 aliphatic heterocycles. The molecule has 0 spiro atoms. The van der Waals surface area contributed by atoms with E-state index in [9.17, 15) is 4.79 Å². The molecule has 0 aliphatic carbocycles. The summed E-state index contributed by atoms with van der Waals surface area (Å²) in [5, 5.41) is 6.55. The molecular weight excluding hydrogens is 523 g/mol. The Morgan fingerprint density at radius 3 is 2.00 bits per heavy atom. The van der Waals surface area contributed by atoms with Gasteiger partial charge in [-0.25, -0.2) is 4.99 Å². The van der Waals surface area contributed by atoms with Crippen molar-refractivity contribution in [3.63, 3.8) is 0 Å². The SMILES string of the molecule is CCNC(=NCc1cc(OC)c(OC)c(OC)c1)NCc1ccc(C(=O)N(C)C)cc1.I. The van der Waals surface area contributed by atoms with E-state index in [1.807, 2.05) is 43.3 Å². The molecule has 1 amide bonds. The van der Waals surface area contributed by atoms with Crippen LogP contribution in [0.5, 0.6) is 17.2 Å². The van der Waals surface area contributed by atoms with E-state index in [2.05, 4.69) is 15.6 Å². The molecule has 2 aromatic carbocycles. The van der Waals surface area contributed by atoms with E-state index < -0.39 is 0 Å². The lowest BCUT2D eigenvalue weighted by atomic mass is 10.1. The summed E-state index contributed by atoms with van der Waals surface area (Å²) in [7, 11) is 8.24. The van der Waals surface area contributed by atoms with Crippen LogP contribution in [0.25, 0.3) is 0 Å². The van der Waals surface area contributed by atoms with Gasteiger partial charge in [0.2, 0.25) is 5.75 Å². The number of methoxy groups -OCH3 is 3. The van der Waals surface area contributed by atoms with Gasteiger partial charge in [0, 0.05) is 32.7 Å². The van der Waals surface area contributed by atoms with Crippen LogP contribution in [0.3, 0.4) is 0 Å². The van der Waals surface area contributed by atoms with Gasteiger partial charge in [-0.05, 0) is 42.3 Å². The van der Waals surface area contributed by atoms with Gasteiger partial charge >= 0.3 is 0 Å². The number of hydrogen-bond acceptors (Lipinski definition) is 5. The maximum Gasteiger partial charge on any atom is 0.253 e. The van der Waals surface area contributed by atoms with Crippen LogP contribution in [0, 0.1) is 0 Å². The minimum atomic E-state index is -0.0141. The van der Waals surface area contributed by atoms with Gasteiger partial charge in [0.1, 0.15) is 0 Å². The largest absolute Gasteiger partial charge is 0.493 e. The van der Waals surface area contributed by atoms with Crippen LogP contribution in [-0.4, -0.2) is 58.7 Å². The number of hydrogen-bond donors (Lipinski definition) is 2. The summed E-state index contributed by atoms with van der Waals surface area (Å²) in [6, 6.07) is 11.3. The van der Waals surface area contributed by atoms with E-state index >= 15 is 0 Å². The van der Waals surface area contributed by atoms with Crippen LogP contribution in [0.4, 0.5) is 0 Å². The topological polar surface area (TPSA) is 84.4 Å². The lowest BCUT2D eigenvalue weighted by Gasteiger charge is -2.15. The van der Waals surface area contributed by atoms with Crippen LogP contribution in [0.15, 0.2) is 41.4 Å². The van der Waals surface area contributed by atoms with E-state index in [-0.39, 0.29) is 29.9 Å². The lowest BCUT2D eigenvalue weighted by molar-refractivity contribution is 0.0827. The maximum atomic E-state index is 12.0. The zero-order valence-corrected chi connectivity index (χ0v) is 21.9. The van der Waals surface area contributed by atoms with Gasteiger partial charge in [-0.3, -0.25) is 4.79 Å². The minimum absolute atomic E-state index is 0. The maximum absolute atomic E-state index is 12.0. The molecule has 0 heterocycles. The Morgan fingerprint density at radius 1 is 0.938 bits per heavy atom. The first kappa shape index (κ1) is 27.3. The molecule has 9 heteroatoms. The first-order chi connectivity index (χ1) is 14.9. The third kappa shape index (κ3) is 7.47. The van der Waals surface area contributed by atoms with Crippen molar-refractivity contribution in [3.05, 3.63) is 53.1 Å². The highest BCUT2D eigenvalue weighted by Gasteiger charge is 2.13. The normalized spacial score (nSPS) is 10.6. The van der Waals surface area contributed by atoms with Crippen molar-refractivity contribution in [1.29, 1.82) is 0 Å². The average Bonchev–Trinajstić information content (AvgIpc) is 2.79. The molecule has 0 fully saturated rings. The molecular formula is C23H33IN4O4. The van der Waals surface area contributed by atoms with E-state index in [4.69, 9.17) is 14.2 Å². The van der Waals surface area contributed by atoms with Crippen LogP contribution < -0.4 is 24.8 Å². The highest BCUT2D eigenvalue weighted by atomic mass is 127. The zero-order chi connectivity index (χ0) is 22.8. The van der Waals surface area contributed by atoms with Crippen molar-refractivity contribution in [2.45, 2.75) is 20.0 Å². The second-order valence-electron chi connectivity index (χ2n) is 6.98. The number of aliphatic imine (C=N–C) groups is 1. The Hall–Kier alpha value is -2.69. The molecule has 8 nitrogen and oxygen atoms in total. The van der Waals surface area contributed by atoms with Crippen LogP contribution >= 0.6 is 24.0 Å². The number of guanidine groups is 1. The number of carbonyl (C=O) groups is 1. The van der Waals surface area contributed by atoms with Crippen LogP contribution in [-0.2, 0) is 13.1 Å². The van der Waals surface area contributed by atoms with Gasteiger partial charge in [0.05, 0.1) is 27.9 Å². The number of benzene rings is 2. The van der Waals surface area contributed by atoms with Gasteiger partial charge in [-0.1, -0.05) is 12.1 Å². The predicted octanol–water partition coefficient (Wildman–Crippen LogP) is 3.29. The molecule has 2 N–H and O–H groups in total. The van der Waals surface area contributed by atoms with Crippen molar-refractivity contribution in [1.82, 2.24) is 15.5 Å². The minimum Gasteiger partial charge on any atom is -0.493 e. The predicted molar refractivity (Wildman–Crippen MR) is 138 cm³/mol. The van der Waals surface area contributed by atoms with Crippen molar-refractivity contribution in [2.75, 3.05) is 42.0 Å². The molecule has 2 rings (SSSR count). The van der Waals surface area contributed by atoms with E-state index in [0.29, 0.717) is 41.9 Å². The summed E-state index contributed by atoms with van der Waals surface area (Å²) < 4.78 is 16.2. The Labute approximate surface area is 207 Å². The summed E-state index contributed by atoms with van der Waals surface area (Å²) in [6.07, 6.45) is 0. The van der Waals surface area contributed by atoms with Crippen molar-refractivity contribution >= 4 is 35.8 Å². The number of nitrogens with one attached hydrogen (secondary N) is 2. The van der Waals surface area contributed by atoms with Crippen molar-refractivity contribution in [2.24, 2.45) is 4.99 Å². The fourth-order valence-electron chi connectivity index (χ4n) is 2.95. The van der Waals surface area contributed by atoms with Crippen molar-refractivity contribution in [3.8, 4) is 17.2 Å². The number of carbonyl (C=O) groups excluding carboxylic acids is 1.